The SMILES string of the molecule is CN(Cc1ccc(Cl)s1)CC1CCCCC1=O. The molecule has 4 heteroatoms. The molecule has 1 aromatic rings. The number of rotatable bonds is 4. The number of nitrogens with zero attached hydrogens (tertiary/aromatic N) is 1. The van der Waals surface area contributed by atoms with Gasteiger partial charge in [-0.3, -0.25) is 4.79 Å². The van der Waals surface area contributed by atoms with Gasteiger partial charge in [0.25, 0.3) is 0 Å². The van der Waals surface area contributed by atoms with Crippen molar-refractivity contribution in [1.82, 2.24) is 4.90 Å². The summed E-state index contributed by atoms with van der Waals surface area (Å²) in [5.41, 5.74) is 0. The fraction of sp³-hybridized carbons (Fsp3) is 0.615. The van der Waals surface area contributed by atoms with Crippen LogP contribution in [0.4, 0.5) is 0 Å². The van der Waals surface area contributed by atoms with E-state index in [0.717, 1.165) is 36.7 Å². The average Bonchev–Trinajstić information content (AvgIpc) is 2.67. The standard InChI is InChI=1S/C13H18ClNOS/c1-15(9-11-6-7-13(14)17-11)8-10-4-2-3-5-12(10)16/h6-7,10H,2-5,8-9H2,1H3. The van der Waals surface area contributed by atoms with Crippen molar-refractivity contribution < 1.29 is 4.79 Å². The molecule has 1 fully saturated rings. The second-order valence-electron chi connectivity index (χ2n) is 4.81. The zero-order chi connectivity index (χ0) is 12.3. The summed E-state index contributed by atoms with van der Waals surface area (Å²) >= 11 is 7.52. The predicted octanol–water partition coefficient (Wildman–Crippen LogP) is 3.59. The minimum atomic E-state index is 0.254. The number of ketones is 1. The van der Waals surface area contributed by atoms with Crippen molar-refractivity contribution in [3.8, 4) is 0 Å². The lowest BCUT2D eigenvalue weighted by Gasteiger charge is -2.25. The summed E-state index contributed by atoms with van der Waals surface area (Å²) in [7, 11) is 2.08. The van der Waals surface area contributed by atoms with Gasteiger partial charge in [0.05, 0.1) is 4.34 Å². The van der Waals surface area contributed by atoms with Crippen LogP contribution in [0.5, 0.6) is 0 Å². The first-order valence-corrected chi connectivity index (χ1v) is 7.30. The largest absolute Gasteiger partial charge is 0.301 e. The van der Waals surface area contributed by atoms with E-state index in [-0.39, 0.29) is 5.92 Å². The van der Waals surface area contributed by atoms with Crippen LogP contribution in [-0.2, 0) is 11.3 Å². The Bertz CT molecular complexity index is 391. The first-order chi connectivity index (χ1) is 8.15. The molecule has 1 aromatic heterocycles. The van der Waals surface area contributed by atoms with Crippen LogP contribution in [0.15, 0.2) is 12.1 Å². The summed E-state index contributed by atoms with van der Waals surface area (Å²) in [6.07, 6.45) is 4.13. The lowest BCUT2D eigenvalue weighted by Crippen LogP contribution is -2.31. The van der Waals surface area contributed by atoms with Gasteiger partial charge in [0, 0.05) is 30.3 Å². The summed E-state index contributed by atoms with van der Waals surface area (Å²) in [6, 6.07) is 3.99. The highest BCUT2D eigenvalue weighted by atomic mass is 35.5. The van der Waals surface area contributed by atoms with Crippen molar-refractivity contribution >= 4 is 28.7 Å². The molecule has 2 rings (SSSR count). The maximum atomic E-state index is 11.7. The monoisotopic (exact) mass is 271 g/mol. The highest BCUT2D eigenvalue weighted by Gasteiger charge is 2.23. The normalized spacial score (nSPS) is 21.1. The van der Waals surface area contributed by atoms with E-state index in [9.17, 15) is 4.79 Å². The van der Waals surface area contributed by atoms with Gasteiger partial charge in [-0.2, -0.15) is 0 Å². The van der Waals surface area contributed by atoms with E-state index in [1.54, 1.807) is 11.3 Å². The minimum absolute atomic E-state index is 0.254. The Morgan fingerprint density at radius 3 is 2.94 bits per heavy atom. The number of Topliss-reactive ketones (excluding diaryl/α,β-unsaturated/α-hetero) is 1. The predicted molar refractivity (Wildman–Crippen MR) is 72.6 cm³/mol. The molecule has 1 heterocycles. The van der Waals surface area contributed by atoms with Crippen molar-refractivity contribution in [3.05, 3.63) is 21.3 Å². The van der Waals surface area contributed by atoms with Gasteiger partial charge in [0.1, 0.15) is 5.78 Å². The summed E-state index contributed by atoms with van der Waals surface area (Å²) in [4.78, 5) is 15.2. The zero-order valence-electron chi connectivity index (χ0n) is 10.1. The van der Waals surface area contributed by atoms with Crippen LogP contribution in [-0.4, -0.2) is 24.3 Å². The Hall–Kier alpha value is -0.380. The third-order valence-corrected chi connectivity index (χ3v) is 4.48. The lowest BCUT2D eigenvalue weighted by molar-refractivity contribution is -0.125. The van der Waals surface area contributed by atoms with Crippen LogP contribution >= 0.6 is 22.9 Å². The van der Waals surface area contributed by atoms with E-state index >= 15 is 0 Å². The maximum absolute atomic E-state index is 11.7. The fourth-order valence-corrected chi connectivity index (χ4v) is 3.56. The van der Waals surface area contributed by atoms with Crippen LogP contribution in [0, 0.1) is 5.92 Å². The third-order valence-electron chi connectivity index (χ3n) is 3.27. The summed E-state index contributed by atoms with van der Waals surface area (Å²) < 4.78 is 0.835. The van der Waals surface area contributed by atoms with Crippen LogP contribution < -0.4 is 0 Å². The highest BCUT2D eigenvalue weighted by molar-refractivity contribution is 7.16. The first-order valence-electron chi connectivity index (χ1n) is 6.10. The summed E-state index contributed by atoms with van der Waals surface area (Å²) in [6.45, 7) is 1.77. The number of carbonyl (C=O) groups is 1. The maximum Gasteiger partial charge on any atom is 0.137 e. The van der Waals surface area contributed by atoms with Gasteiger partial charge >= 0.3 is 0 Å². The van der Waals surface area contributed by atoms with Crippen molar-refractivity contribution in [1.29, 1.82) is 0 Å². The quantitative estimate of drug-likeness (QED) is 0.834. The van der Waals surface area contributed by atoms with Crippen molar-refractivity contribution in [2.24, 2.45) is 5.92 Å². The Morgan fingerprint density at radius 1 is 1.47 bits per heavy atom. The van der Waals surface area contributed by atoms with E-state index < -0.39 is 0 Å². The molecule has 0 spiro atoms. The zero-order valence-corrected chi connectivity index (χ0v) is 11.7. The van der Waals surface area contributed by atoms with Gasteiger partial charge in [-0.05, 0) is 32.0 Å². The van der Waals surface area contributed by atoms with Crippen molar-refractivity contribution in [3.63, 3.8) is 0 Å². The topological polar surface area (TPSA) is 20.3 Å². The number of hydrogen-bond donors (Lipinski definition) is 0. The molecule has 94 valence electrons. The number of hydrogen-bond acceptors (Lipinski definition) is 3. The second kappa shape index (κ2) is 5.98. The molecule has 0 aliphatic heterocycles. The lowest BCUT2D eigenvalue weighted by atomic mass is 9.88. The molecule has 0 bridgehead atoms. The van der Waals surface area contributed by atoms with Gasteiger partial charge in [-0.1, -0.05) is 18.0 Å². The molecule has 1 aliphatic rings. The van der Waals surface area contributed by atoms with Crippen LogP contribution in [0.1, 0.15) is 30.6 Å². The van der Waals surface area contributed by atoms with Crippen LogP contribution in [0.2, 0.25) is 4.34 Å². The number of thiophene rings is 1. The molecule has 1 saturated carbocycles. The molecule has 2 nitrogen and oxygen atoms in total. The minimum Gasteiger partial charge on any atom is -0.301 e. The van der Waals surface area contributed by atoms with Crippen LogP contribution in [0.25, 0.3) is 0 Å². The molecule has 0 aromatic carbocycles. The van der Waals surface area contributed by atoms with Gasteiger partial charge in [-0.15, -0.1) is 11.3 Å². The van der Waals surface area contributed by atoms with Gasteiger partial charge in [0.2, 0.25) is 0 Å². The average molecular weight is 272 g/mol. The number of carbonyl (C=O) groups excluding carboxylic acids is 1. The summed E-state index contributed by atoms with van der Waals surface area (Å²) in [5, 5.41) is 0. The first kappa shape index (κ1) is 13.1. The van der Waals surface area contributed by atoms with Crippen molar-refractivity contribution in [2.75, 3.05) is 13.6 Å². The molecule has 0 N–H and O–H groups in total. The fourth-order valence-electron chi connectivity index (χ4n) is 2.39. The van der Waals surface area contributed by atoms with E-state index in [1.807, 2.05) is 6.07 Å². The molecule has 1 atom stereocenters. The second-order valence-corrected chi connectivity index (χ2v) is 6.61. The third kappa shape index (κ3) is 3.80. The highest BCUT2D eigenvalue weighted by Crippen LogP contribution is 2.24. The molecular weight excluding hydrogens is 254 g/mol. The molecule has 17 heavy (non-hydrogen) atoms. The molecule has 1 aliphatic carbocycles. The van der Waals surface area contributed by atoms with E-state index in [4.69, 9.17) is 11.6 Å². The van der Waals surface area contributed by atoms with E-state index in [1.165, 1.54) is 11.3 Å². The molecular formula is C13H18ClNOS. The Morgan fingerprint density at radius 2 is 2.29 bits per heavy atom. The van der Waals surface area contributed by atoms with E-state index in [2.05, 4.69) is 18.0 Å². The van der Waals surface area contributed by atoms with E-state index in [0.29, 0.717) is 5.78 Å². The van der Waals surface area contributed by atoms with Crippen LogP contribution in [0.3, 0.4) is 0 Å². The van der Waals surface area contributed by atoms with Gasteiger partial charge in [0.15, 0.2) is 0 Å². The smallest absolute Gasteiger partial charge is 0.137 e. The summed E-state index contributed by atoms with van der Waals surface area (Å²) in [5.74, 6) is 0.705. The Kier molecular flexibility index (Phi) is 4.60. The number of halogens is 1. The molecule has 1 unspecified atom stereocenters. The Balaban J connectivity index is 1.84. The van der Waals surface area contributed by atoms with Gasteiger partial charge < -0.3 is 4.90 Å². The molecule has 0 radical (unpaired) electrons. The molecule has 0 saturated heterocycles. The van der Waals surface area contributed by atoms with Gasteiger partial charge in [-0.25, -0.2) is 0 Å². The Labute approximate surface area is 112 Å². The van der Waals surface area contributed by atoms with Crippen molar-refractivity contribution in [2.45, 2.75) is 32.2 Å². The molecule has 0 amide bonds.